The second-order valence-electron chi connectivity index (χ2n) is 4.03. The second kappa shape index (κ2) is 4.96. The van der Waals surface area contributed by atoms with Crippen LogP contribution in [0.25, 0.3) is 10.4 Å². The van der Waals surface area contributed by atoms with Crippen LogP contribution in [-0.4, -0.2) is 18.2 Å². The first-order chi connectivity index (χ1) is 8.86. The molecule has 0 aliphatic carbocycles. The lowest BCUT2D eigenvalue weighted by atomic mass is 10.2. The number of fused-ring (bicyclic) bond motifs is 1. The van der Waals surface area contributed by atoms with Crippen molar-refractivity contribution >= 4 is 11.3 Å². The number of aromatic nitrogens is 1. The number of thiazole rings is 1. The first-order valence-corrected chi connectivity index (χ1v) is 6.73. The van der Waals surface area contributed by atoms with Crippen LogP contribution in [0.2, 0.25) is 0 Å². The first-order valence-electron chi connectivity index (χ1n) is 5.91. The van der Waals surface area contributed by atoms with E-state index in [2.05, 4.69) is 4.98 Å². The zero-order valence-electron chi connectivity index (χ0n) is 9.89. The number of rotatable bonds is 2. The maximum absolute atomic E-state index is 5.68. The molecule has 0 unspecified atom stereocenters. The van der Waals surface area contributed by atoms with Crippen molar-refractivity contribution in [2.75, 3.05) is 13.2 Å². The maximum Gasteiger partial charge on any atom is 0.161 e. The summed E-state index contributed by atoms with van der Waals surface area (Å²) < 4.78 is 11.3. The van der Waals surface area contributed by atoms with E-state index in [9.17, 15) is 0 Å². The standard InChI is InChI=1S/C13H14N2O2S/c14-7-13-15-8-12(18-13)9-2-3-10-11(6-9)17-5-1-4-16-10/h2-3,6,8H,1,4-5,7,14H2. The van der Waals surface area contributed by atoms with Gasteiger partial charge in [0, 0.05) is 19.2 Å². The summed E-state index contributed by atoms with van der Waals surface area (Å²) in [4.78, 5) is 5.37. The molecule has 1 aliphatic heterocycles. The van der Waals surface area contributed by atoms with E-state index in [0.29, 0.717) is 19.8 Å². The Morgan fingerprint density at radius 2 is 2.06 bits per heavy atom. The molecule has 18 heavy (non-hydrogen) atoms. The highest BCUT2D eigenvalue weighted by atomic mass is 32.1. The Morgan fingerprint density at radius 3 is 2.83 bits per heavy atom. The molecule has 0 atom stereocenters. The third-order valence-corrected chi connectivity index (χ3v) is 3.83. The monoisotopic (exact) mass is 262 g/mol. The summed E-state index contributed by atoms with van der Waals surface area (Å²) in [5.41, 5.74) is 6.67. The van der Waals surface area contributed by atoms with Crippen LogP contribution in [0, 0.1) is 0 Å². The van der Waals surface area contributed by atoms with E-state index in [4.69, 9.17) is 15.2 Å². The van der Waals surface area contributed by atoms with E-state index in [0.717, 1.165) is 33.4 Å². The average Bonchev–Trinajstić information content (AvgIpc) is 2.76. The van der Waals surface area contributed by atoms with Crippen molar-refractivity contribution in [2.24, 2.45) is 5.73 Å². The fraction of sp³-hybridized carbons (Fsp3) is 0.308. The molecule has 0 spiro atoms. The zero-order chi connectivity index (χ0) is 12.4. The lowest BCUT2D eigenvalue weighted by Gasteiger charge is -2.08. The van der Waals surface area contributed by atoms with Crippen molar-refractivity contribution in [3.63, 3.8) is 0 Å². The topological polar surface area (TPSA) is 57.4 Å². The normalized spacial score (nSPS) is 14.3. The minimum Gasteiger partial charge on any atom is -0.490 e. The van der Waals surface area contributed by atoms with Gasteiger partial charge in [-0.2, -0.15) is 0 Å². The van der Waals surface area contributed by atoms with Gasteiger partial charge in [0.05, 0.1) is 18.1 Å². The molecule has 0 radical (unpaired) electrons. The summed E-state index contributed by atoms with van der Waals surface area (Å²) >= 11 is 1.61. The van der Waals surface area contributed by atoms with Gasteiger partial charge in [0.1, 0.15) is 5.01 Å². The van der Waals surface area contributed by atoms with Crippen molar-refractivity contribution in [1.29, 1.82) is 0 Å². The second-order valence-corrected chi connectivity index (χ2v) is 5.15. The highest BCUT2D eigenvalue weighted by Crippen LogP contribution is 2.35. The minimum atomic E-state index is 0.481. The van der Waals surface area contributed by atoms with Crippen molar-refractivity contribution in [2.45, 2.75) is 13.0 Å². The molecule has 0 fully saturated rings. The van der Waals surface area contributed by atoms with E-state index in [1.807, 2.05) is 24.4 Å². The summed E-state index contributed by atoms with van der Waals surface area (Å²) in [7, 11) is 0. The maximum atomic E-state index is 5.68. The Bertz CT molecular complexity index is 554. The van der Waals surface area contributed by atoms with Crippen molar-refractivity contribution in [3.8, 4) is 21.9 Å². The molecule has 0 bridgehead atoms. The zero-order valence-corrected chi connectivity index (χ0v) is 10.7. The predicted octanol–water partition coefficient (Wildman–Crippen LogP) is 2.43. The Hall–Kier alpha value is -1.59. The van der Waals surface area contributed by atoms with Crippen LogP contribution >= 0.6 is 11.3 Å². The van der Waals surface area contributed by atoms with E-state index >= 15 is 0 Å². The van der Waals surface area contributed by atoms with Crippen LogP contribution in [-0.2, 0) is 6.54 Å². The van der Waals surface area contributed by atoms with Crippen LogP contribution in [0.3, 0.4) is 0 Å². The third kappa shape index (κ3) is 2.19. The average molecular weight is 262 g/mol. The highest BCUT2D eigenvalue weighted by molar-refractivity contribution is 7.15. The van der Waals surface area contributed by atoms with Gasteiger partial charge < -0.3 is 15.2 Å². The molecule has 2 heterocycles. The van der Waals surface area contributed by atoms with Gasteiger partial charge in [-0.1, -0.05) is 0 Å². The van der Waals surface area contributed by atoms with Crippen molar-refractivity contribution < 1.29 is 9.47 Å². The fourth-order valence-electron chi connectivity index (χ4n) is 1.85. The Balaban J connectivity index is 1.95. The molecule has 1 aromatic heterocycles. The van der Waals surface area contributed by atoms with E-state index < -0.39 is 0 Å². The Labute approximate surface area is 109 Å². The molecule has 2 aromatic rings. The number of benzene rings is 1. The van der Waals surface area contributed by atoms with Gasteiger partial charge >= 0.3 is 0 Å². The van der Waals surface area contributed by atoms with Crippen LogP contribution in [0.1, 0.15) is 11.4 Å². The molecule has 1 aromatic carbocycles. The van der Waals surface area contributed by atoms with E-state index in [-0.39, 0.29) is 0 Å². The summed E-state index contributed by atoms with van der Waals surface area (Å²) in [6.07, 6.45) is 2.77. The molecule has 2 N–H and O–H groups in total. The molecule has 3 rings (SSSR count). The summed E-state index contributed by atoms with van der Waals surface area (Å²) in [5, 5.41) is 0.942. The van der Waals surface area contributed by atoms with Crippen molar-refractivity contribution in [3.05, 3.63) is 29.4 Å². The van der Waals surface area contributed by atoms with Crippen molar-refractivity contribution in [1.82, 2.24) is 4.98 Å². The summed E-state index contributed by atoms with van der Waals surface area (Å²) in [6.45, 7) is 1.90. The summed E-state index contributed by atoms with van der Waals surface area (Å²) in [6, 6.07) is 5.99. The van der Waals surface area contributed by atoms with Gasteiger partial charge in [-0.25, -0.2) is 4.98 Å². The number of hydrogen-bond acceptors (Lipinski definition) is 5. The number of hydrogen-bond donors (Lipinski definition) is 1. The molecule has 0 amide bonds. The largest absolute Gasteiger partial charge is 0.490 e. The Morgan fingerprint density at radius 1 is 1.22 bits per heavy atom. The first kappa shape index (κ1) is 11.5. The van der Waals surface area contributed by atoms with Gasteiger partial charge in [-0.3, -0.25) is 0 Å². The van der Waals surface area contributed by atoms with Gasteiger partial charge in [-0.15, -0.1) is 11.3 Å². The molecule has 0 saturated carbocycles. The van der Waals surface area contributed by atoms with E-state index in [1.54, 1.807) is 11.3 Å². The molecular formula is C13H14N2O2S. The minimum absolute atomic E-state index is 0.481. The molecule has 5 heteroatoms. The van der Waals surface area contributed by atoms with Crippen LogP contribution in [0.5, 0.6) is 11.5 Å². The lowest BCUT2D eigenvalue weighted by molar-refractivity contribution is 0.297. The molecule has 94 valence electrons. The molecule has 1 aliphatic rings. The fourth-order valence-corrected chi connectivity index (χ4v) is 2.65. The van der Waals surface area contributed by atoms with E-state index in [1.165, 1.54) is 0 Å². The van der Waals surface area contributed by atoms with Gasteiger partial charge in [0.25, 0.3) is 0 Å². The van der Waals surface area contributed by atoms with Crippen LogP contribution < -0.4 is 15.2 Å². The molecule has 0 saturated heterocycles. The Kier molecular flexibility index (Phi) is 3.17. The van der Waals surface area contributed by atoms with Crippen LogP contribution in [0.15, 0.2) is 24.4 Å². The quantitative estimate of drug-likeness (QED) is 0.903. The highest BCUT2D eigenvalue weighted by Gasteiger charge is 2.12. The number of nitrogens with zero attached hydrogens (tertiary/aromatic N) is 1. The lowest BCUT2D eigenvalue weighted by Crippen LogP contribution is -1.97. The summed E-state index contributed by atoms with van der Waals surface area (Å²) in [5.74, 6) is 1.63. The third-order valence-electron chi connectivity index (χ3n) is 2.76. The molecule has 4 nitrogen and oxygen atoms in total. The number of ether oxygens (including phenoxy) is 2. The SMILES string of the molecule is NCc1ncc(-c2ccc3c(c2)OCCCO3)s1. The smallest absolute Gasteiger partial charge is 0.161 e. The van der Waals surface area contributed by atoms with Gasteiger partial charge in [0.15, 0.2) is 11.5 Å². The predicted molar refractivity (Wildman–Crippen MR) is 71.0 cm³/mol. The van der Waals surface area contributed by atoms with Gasteiger partial charge in [-0.05, 0) is 23.8 Å². The van der Waals surface area contributed by atoms with Gasteiger partial charge in [0.2, 0.25) is 0 Å². The van der Waals surface area contributed by atoms with Crippen LogP contribution in [0.4, 0.5) is 0 Å². The number of nitrogens with two attached hydrogens (primary N) is 1. The molecular weight excluding hydrogens is 248 g/mol.